The molecular formula is C46H46N2O8. The second kappa shape index (κ2) is 17.5. The van der Waals surface area contributed by atoms with E-state index in [1.807, 2.05) is 78.9 Å². The first-order chi connectivity index (χ1) is 27.6. The Morgan fingerprint density at radius 3 is 1.32 bits per heavy atom. The van der Waals surface area contributed by atoms with Gasteiger partial charge >= 0.3 is 12.2 Å². The maximum absolute atomic E-state index is 12.7. The number of hydrogen-bond donors (Lipinski definition) is 2. The van der Waals surface area contributed by atoms with Crippen molar-refractivity contribution in [1.29, 1.82) is 0 Å². The molecule has 1 heterocycles. The summed E-state index contributed by atoms with van der Waals surface area (Å²) in [6.07, 6.45) is -1.48. The molecule has 10 heteroatoms. The molecule has 3 aliphatic rings. The second-order valence-electron chi connectivity index (χ2n) is 14.5. The van der Waals surface area contributed by atoms with E-state index >= 15 is 0 Å². The molecule has 0 atom stereocenters. The lowest BCUT2D eigenvalue weighted by Crippen LogP contribution is -2.46. The lowest BCUT2D eigenvalue weighted by atomic mass is 9.91. The summed E-state index contributed by atoms with van der Waals surface area (Å²) in [6, 6.07) is 42.8. The Morgan fingerprint density at radius 1 is 0.536 bits per heavy atom. The molecule has 0 unspecified atom stereocenters. The molecule has 1 aliphatic heterocycles. The maximum atomic E-state index is 12.7. The minimum atomic E-state index is -0.598. The van der Waals surface area contributed by atoms with Gasteiger partial charge in [0, 0.05) is 30.5 Å². The van der Waals surface area contributed by atoms with Crippen molar-refractivity contribution >= 4 is 12.2 Å². The first kappa shape index (κ1) is 37.4. The Labute approximate surface area is 327 Å². The number of fused-ring (bicyclic) bond motifs is 6. The molecule has 2 aliphatic carbocycles. The molecular weight excluding hydrogens is 709 g/mol. The zero-order valence-electron chi connectivity index (χ0n) is 31.2. The van der Waals surface area contributed by atoms with Crippen LogP contribution in [0.1, 0.15) is 45.9 Å². The highest BCUT2D eigenvalue weighted by Crippen LogP contribution is 2.45. The van der Waals surface area contributed by atoms with Crippen LogP contribution >= 0.6 is 0 Å². The average molecular weight is 755 g/mol. The first-order valence-electron chi connectivity index (χ1n) is 19.2. The fourth-order valence-corrected chi connectivity index (χ4v) is 7.93. The summed E-state index contributed by atoms with van der Waals surface area (Å²) in [6.45, 7) is 2.79. The summed E-state index contributed by atoms with van der Waals surface area (Å²) in [4.78, 5) is 25.4. The fraction of sp³-hybridized carbons (Fsp3) is 0.304. The lowest BCUT2D eigenvalue weighted by molar-refractivity contribution is -0.254. The Morgan fingerprint density at radius 2 is 0.911 bits per heavy atom. The molecule has 1 fully saturated rings. The molecule has 0 bridgehead atoms. The largest absolute Gasteiger partial charge is 0.449 e. The highest BCUT2D eigenvalue weighted by Gasteiger charge is 2.39. The summed E-state index contributed by atoms with van der Waals surface area (Å²) < 4.78 is 35.8. The van der Waals surface area contributed by atoms with Gasteiger partial charge in [0.25, 0.3) is 0 Å². The van der Waals surface area contributed by atoms with E-state index in [1.54, 1.807) is 0 Å². The predicted molar refractivity (Wildman–Crippen MR) is 211 cm³/mol. The number of carbonyl (C=O) groups is 2. The molecule has 2 amide bonds. The summed E-state index contributed by atoms with van der Waals surface area (Å²) in [5.41, 5.74) is 9.72. The van der Waals surface area contributed by atoms with Crippen LogP contribution in [-0.4, -0.2) is 78.1 Å². The van der Waals surface area contributed by atoms with E-state index in [-0.39, 0.29) is 64.6 Å². The molecule has 2 N–H and O–H groups in total. The number of alkyl carbamates (subject to hydrolysis) is 2. The van der Waals surface area contributed by atoms with Gasteiger partial charge in [-0.2, -0.15) is 0 Å². The molecule has 0 aromatic heterocycles. The number of benzene rings is 5. The van der Waals surface area contributed by atoms with Crippen LogP contribution in [-0.2, 0) is 28.4 Å². The van der Waals surface area contributed by atoms with Crippen LogP contribution in [0.4, 0.5) is 9.59 Å². The normalized spacial score (nSPS) is 15.6. The third kappa shape index (κ3) is 8.34. The monoisotopic (exact) mass is 754 g/mol. The van der Waals surface area contributed by atoms with Gasteiger partial charge in [-0.3, -0.25) is 0 Å². The quantitative estimate of drug-likeness (QED) is 0.104. The number of hydrogen-bond acceptors (Lipinski definition) is 8. The lowest BCUT2D eigenvalue weighted by Gasteiger charge is -2.39. The molecule has 0 saturated carbocycles. The van der Waals surface area contributed by atoms with Crippen LogP contribution < -0.4 is 10.6 Å². The van der Waals surface area contributed by atoms with Crippen molar-refractivity contribution in [3.8, 4) is 22.3 Å². The van der Waals surface area contributed by atoms with Gasteiger partial charge in [-0.05, 0) is 44.5 Å². The summed E-state index contributed by atoms with van der Waals surface area (Å²) in [5.74, 6) is -0.0197. The van der Waals surface area contributed by atoms with Gasteiger partial charge in [0.1, 0.15) is 13.2 Å². The highest BCUT2D eigenvalue weighted by molar-refractivity contribution is 5.80. The van der Waals surface area contributed by atoms with E-state index in [1.165, 1.54) is 22.3 Å². The fourth-order valence-electron chi connectivity index (χ4n) is 7.93. The second-order valence-corrected chi connectivity index (χ2v) is 14.5. The van der Waals surface area contributed by atoms with Crippen LogP contribution in [0.25, 0.3) is 22.3 Å². The molecule has 288 valence electrons. The Kier molecular flexibility index (Phi) is 11.7. The third-order valence-electron chi connectivity index (χ3n) is 10.7. The van der Waals surface area contributed by atoms with Gasteiger partial charge in [-0.1, -0.05) is 127 Å². The van der Waals surface area contributed by atoms with Crippen LogP contribution in [0.2, 0.25) is 0 Å². The smallest absolute Gasteiger partial charge is 0.407 e. The topological polar surface area (TPSA) is 114 Å². The number of ether oxygens (including phenoxy) is 6. The minimum absolute atomic E-state index is 0.00983. The standard InChI is InChI=1S/C46H46N2O8/c49-44(53-26-41-37-18-8-4-14-33(37)34-15-5-9-19-38(34)41)47-22-24-51-28-46(30-55-43(56-31-46)32-12-2-1-3-13-32)29-52-25-23-48-45(50)54-27-42-39-20-10-6-16-35(39)36-17-7-11-21-40(36)42/h1-21,41-43H,22-31H2,(H,47,49)(H,48,50). The van der Waals surface area contributed by atoms with Crippen molar-refractivity contribution < 1.29 is 38.0 Å². The predicted octanol–water partition coefficient (Wildman–Crippen LogP) is 7.83. The maximum Gasteiger partial charge on any atom is 0.407 e. The van der Waals surface area contributed by atoms with Crippen LogP contribution in [0, 0.1) is 5.41 Å². The van der Waals surface area contributed by atoms with E-state index in [9.17, 15) is 9.59 Å². The summed E-state index contributed by atoms with van der Waals surface area (Å²) in [7, 11) is 0. The van der Waals surface area contributed by atoms with Gasteiger partial charge in [0.15, 0.2) is 6.29 Å². The zero-order valence-corrected chi connectivity index (χ0v) is 31.2. The zero-order chi connectivity index (χ0) is 38.2. The SMILES string of the molecule is O=C(NCCOCC1(COCCNC(=O)OCC2c3ccccc3-c3ccccc32)COC(c2ccccc2)OC1)OCC1c2ccccc2-c2ccccc21. The Hall–Kier alpha value is -5.52. The van der Waals surface area contributed by atoms with E-state index in [2.05, 4.69) is 59.2 Å². The van der Waals surface area contributed by atoms with Crippen molar-refractivity contribution in [2.24, 2.45) is 5.41 Å². The molecule has 56 heavy (non-hydrogen) atoms. The Bertz CT molecular complexity index is 1900. The van der Waals surface area contributed by atoms with Crippen LogP contribution in [0.3, 0.4) is 0 Å². The van der Waals surface area contributed by atoms with Crippen molar-refractivity contribution in [3.63, 3.8) is 0 Å². The number of nitrogens with one attached hydrogen (secondary N) is 2. The van der Waals surface area contributed by atoms with E-state index < -0.39 is 23.9 Å². The highest BCUT2D eigenvalue weighted by atomic mass is 16.7. The summed E-state index contributed by atoms with van der Waals surface area (Å²) >= 11 is 0. The molecule has 1 saturated heterocycles. The minimum Gasteiger partial charge on any atom is -0.449 e. The van der Waals surface area contributed by atoms with Crippen molar-refractivity contribution in [1.82, 2.24) is 10.6 Å². The van der Waals surface area contributed by atoms with Crippen LogP contribution in [0.15, 0.2) is 127 Å². The van der Waals surface area contributed by atoms with Gasteiger partial charge in [0.2, 0.25) is 0 Å². The number of rotatable bonds is 15. The van der Waals surface area contributed by atoms with Crippen molar-refractivity contribution in [2.45, 2.75) is 18.1 Å². The number of amides is 2. The molecule has 5 aromatic carbocycles. The molecule has 0 spiro atoms. The number of carbonyl (C=O) groups excluding carboxylic acids is 2. The van der Waals surface area contributed by atoms with E-state index in [0.717, 1.165) is 27.8 Å². The van der Waals surface area contributed by atoms with Gasteiger partial charge in [0.05, 0.1) is 45.1 Å². The first-order valence-corrected chi connectivity index (χ1v) is 19.2. The van der Waals surface area contributed by atoms with Crippen molar-refractivity contribution in [2.75, 3.05) is 65.9 Å². The average Bonchev–Trinajstić information content (AvgIpc) is 3.74. The van der Waals surface area contributed by atoms with E-state index in [4.69, 9.17) is 28.4 Å². The van der Waals surface area contributed by atoms with Crippen molar-refractivity contribution in [3.05, 3.63) is 155 Å². The summed E-state index contributed by atoms with van der Waals surface area (Å²) in [5, 5.41) is 5.62. The van der Waals surface area contributed by atoms with Gasteiger partial charge < -0.3 is 39.1 Å². The van der Waals surface area contributed by atoms with Gasteiger partial charge in [-0.25, -0.2) is 9.59 Å². The molecule has 8 rings (SSSR count). The molecule has 0 radical (unpaired) electrons. The van der Waals surface area contributed by atoms with Gasteiger partial charge in [-0.15, -0.1) is 0 Å². The van der Waals surface area contributed by atoms with E-state index in [0.29, 0.717) is 13.2 Å². The molecule has 10 nitrogen and oxygen atoms in total. The van der Waals surface area contributed by atoms with Crippen LogP contribution in [0.5, 0.6) is 0 Å². The third-order valence-corrected chi connectivity index (χ3v) is 10.7. The Balaban J connectivity index is 0.778. The molecule has 5 aromatic rings.